The highest BCUT2D eigenvalue weighted by Gasteiger charge is 2.74. The third kappa shape index (κ3) is 1.99. The number of hydrogen-bond donors (Lipinski definition) is 0. The van der Waals surface area contributed by atoms with E-state index < -0.39 is 35.3 Å². The third-order valence-corrected chi connectivity index (χ3v) is 5.37. The number of carbonyl (C=O) groups is 2. The van der Waals surface area contributed by atoms with Gasteiger partial charge in [-0.25, -0.2) is 13.2 Å². The minimum atomic E-state index is -2.97. The molecule has 2 saturated carbocycles. The third-order valence-electron chi connectivity index (χ3n) is 5.37. The molecular formula is C17H16F3NO3. The average Bonchev–Trinajstić information content (AvgIpc) is 3.41. The second-order valence-electron chi connectivity index (χ2n) is 6.93. The zero-order valence-corrected chi connectivity index (χ0v) is 13.1. The first-order valence-electron chi connectivity index (χ1n) is 7.80. The molecule has 4 nitrogen and oxygen atoms in total. The summed E-state index contributed by atoms with van der Waals surface area (Å²) in [6, 6.07) is 4.32. The summed E-state index contributed by atoms with van der Waals surface area (Å²) >= 11 is 0. The summed E-state index contributed by atoms with van der Waals surface area (Å²) < 4.78 is 47.2. The van der Waals surface area contributed by atoms with E-state index >= 15 is 0 Å². The normalized spacial score (nSPS) is 28.5. The highest BCUT2D eigenvalue weighted by molar-refractivity contribution is 5.99. The van der Waals surface area contributed by atoms with Crippen LogP contribution >= 0.6 is 0 Å². The molecular weight excluding hydrogens is 323 g/mol. The summed E-state index contributed by atoms with van der Waals surface area (Å²) in [4.78, 5) is 25.1. The van der Waals surface area contributed by atoms with Crippen molar-refractivity contribution >= 4 is 11.9 Å². The lowest BCUT2D eigenvalue weighted by atomic mass is 9.84. The molecule has 0 aromatic heterocycles. The van der Waals surface area contributed by atoms with Crippen LogP contribution in [0.3, 0.4) is 0 Å². The average molecular weight is 339 g/mol. The highest BCUT2D eigenvalue weighted by atomic mass is 19.3. The van der Waals surface area contributed by atoms with Crippen molar-refractivity contribution in [3.63, 3.8) is 0 Å². The fraction of sp³-hybridized carbons (Fsp3) is 0.529. The van der Waals surface area contributed by atoms with Gasteiger partial charge in [0.25, 0.3) is 11.8 Å². The molecule has 1 aromatic carbocycles. The molecule has 1 aliphatic heterocycles. The SMILES string of the molecule is COC(=O)CN1CC2(CC2(F)F)c2cc(C3(F)CC3)ccc2C1=O. The van der Waals surface area contributed by atoms with Crippen LogP contribution in [0.25, 0.3) is 0 Å². The summed E-state index contributed by atoms with van der Waals surface area (Å²) in [5.41, 5.74) is -2.29. The van der Waals surface area contributed by atoms with Crippen LogP contribution in [0.15, 0.2) is 18.2 Å². The van der Waals surface area contributed by atoms with Gasteiger partial charge >= 0.3 is 5.97 Å². The first kappa shape index (κ1) is 15.5. The number of amides is 1. The van der Waals surface area contributed by atoms with Crippen molar-refractivity contribution in [2.75, 3.05) is 20.2 Å². The fourth-order valence-electron chi connectivity index (χ4n) is 3.60. The Morgan fingerprint density at radius 3 is 2.50 bits per heavy atom. The van der Waals surface area contributed by atoms with Crippen LogP contribution in [0.5, 0.6) is 0 Å². The molecule has 0 N–H and O–H groups in total. The number of nitrogens with zero attached hydrogens (tertiary/aromatic N) is 1. The van der Waals surface area contributed by atoms with Crippen molar-refractivity contribution in [2.45, 2.75) is 36.3 Å². The molecule has 1 amide bonds. The van der Waals surface area contributed by atoms with Gasteiger partial charge in [-0.15, -0.1) is 0 Å². The van der Waals surface area contributed by atoms with E-state index in [-0.39, 0.29) is 24.2 Å². The van der Waals surface area contributed by atoms with E-state index in [9.17, 15) is 22.8 Å². The van der Waals surface area contributed by atoms with Crippen LogP contribution in [0.1, 0.15) is 40.7 Å². The number of esters is 1. The monoisotopic (exact) mass is 339 g/mol. The molecule has 1 atom stereocenters. The molecule has 1 aromatic rings. The molecule has 7 heteroatoms. The van der Waals surface area contributed by atoms with E-state index in [2.05, 4.69) is 4.74 Å². The predicted molar refractivity (Wildman–Crippen MR) is 77.6 cm³/mol. The highest BCUT2D eigenvalue weighted by Crippen LogP contribution is 2.64. The quantitative estimate of drug-likeness (QED) is 0.795. The van der Waals surface area contributed by atoms with Gasteiger partial charge in [0.2, 0.25) is 0 Å². The topological polar surface area (TPSA) is 46.6 Å². The van der Waals surface area contributed by atoms with Gasteiger partial charge in [-0.3, -0.25) is 9.59 Å². The van der Waals surface area contributed by atoms with Gasteiger partial charge in [0.15, 0.2) is 0 Å². The number of alkyl halides is 3. The maximum absolute atomic E-state index is 14.3. The molecule has 1 heterocycles. The summed E-state index contributed by atoms with van der Waals surface area (Å²) in [7, 11) is 1.18. The molecule has 128 valence electrons. The Bertz CT molecular complexity index is 759. The lowest BCUT2D eigenvalue weighted by molar-refractivity contribution is -0.141. The maximum atomic E-state index is 14.3. The first-order chi connectivity index (χ1) is 11.2. The fourth-order valence-corrected chi connectivity index (χ4v) is 3.60. The Hall–Kier alpha value is -2.05. The van der Waals surface area contributed by atoms with Gasteiger partial charge < -0.3 is 9.64 Å². The number of ether oxygens (including phenoxy) is 1. The number of methoxy groups -OCH3 is 1. The van der Waals surface area contributed by atoms with Crippen LogP contribution in [0.4, 0.5) is 13.2 Å². The van der Waals surface area contributed by atoms with Crippen molar-refractivity contribution in [3.8, 4) is 0 Å². The number of benzene rings is 1. The molecule has 1 unspecified atom stereocenters. The van der Waals surface area contributed by atoms with E-state index in [1.165, 1.54) is 25.3 Å². The molecule has 2 aliphatic carbocycles. The second kappa shape index (κ2) is 4.52. The zero-order chi connectivity index (χ0) is 17.3. The number of fused-ring (bicyclic) bond motifs is 2. The second-order valence-corrected chi connectivity index (χ2v) is 6.93. The van der Waals surface area contributed by atoms with E-state index in [1.54, 1.807) is 0 Å². The minimum Gasteiger partial charge on any atom is -0.468 e. The van der Waals surface area contributed by atoms with Crippen molar-refractivity contribution in [3.05, 3.63) is 34.9 Å². The smallest absolute Gasteiger partial charge is 0.325 e. The molecule has 1 spiro atoms. The molecule has 3 aliphatic rings. The van der Waals surface area contributed by atoms with Crippen LogP contribution in [-0.2, 0) is 20.6 Å². The van der Waals surface area contributed by atoms with Gasteiger partial charge in [-0.2, -0.15) is 0 Å². The Labute approximate surface area is 136 Å². The van der Waals surface area contributed by atoms with Gasteiger partial charge in [-0.05, 0) is 30.0 Å². The van der Waals surface area contributed by atoms with E-state index in [1.807, 2.05) is 0 Å². The Kier molecular flexibility index (Phi) is 2.91. The Balaban J connectivity index is 1.78. The molecule has 4 rings (SSSR count). The molecule has 24 heavy (non-hydrogen) atoms. The van der Waals surface area contributed by atoms with Crippen LogP contribution in [0, 0.1) is 0 Å². The molecule has 0 saturated heterocycles. The van der Waals surface area contributed by atoms with Gasteiger partial charge in [-0.1, -0.05) is 12.1 Å². The lowest BCUT2D eigenvalue weighted by Crippen LogP contribution is -2.48. The summed E-state index contributed by atoms with van der Waals surface area (Å²) in [5.74, 6) is -4.13. The van der Waals surface area contributed by atoms with E-state index in [0.717, 1.165) is 4.90 Å². The van der Waals surface area contributed by atoms with Crippen molar-refractivity contribution in [2.24, 2.45) is 0 Å². The number of hydrogen-bond acceptors (Lipinski definition) is 3. The van der Waals surface area contributed by atoms with E-state index in [4.69, 9.17) is 0 Å². The van der Waals surface area contributed by atoms with Crippen LogP contribution in [0.2, 0.25) is 0 Å². The largest absolute Gasteiger partial charge is 0.468 e. The summed E-state index contributed by atoms with van der Waals surface area (Å²) in [6.45, 7) is -0.634. The zero-order valence-electron chi connectivity index (χ0n) is 13.1. The first-order valence-corrected chi connectivity index (χ1v) is 7.80. The van der Waals surface area contributed by atoms with Gasteiger partial charge in [0.05, 0.1) is 12.5 Å². The summed E-state index contributed by atoms with van der Waals surface area (Å²) in [6.07, 6.45) is 0.343. The van der Waals surface area contributed by atoms with Crippen molar-refractivity contribution in [1.82, 2.24) is 4.90 Å². The van der Waals surface area contributed by atoms with Crippen LogP contribution < -0.4 is 0 Å². The Morgan fingerprint density at radius 2 is 1.96 bits per heavy atom. The summed E-state index contributed by atoms with van der Waals surface area (Å²) in [5, 5.41) is 0. The maximum Gasteiger partial charge on any atom is 0.325 e. The standard InChI is InChI=1S/C17H16F3NO3/c1-24-13(22)7-21-9-15(8-17(15,19)20)12-6-10(16(18)4-5-16)2-3-11(12)14(21)23/h2-3,6H,4-5,7-9H2,1H3. The minimum absolute atomic E-state index is 0.121. The predicted octanol–water partition coefficient (Wildman–Crippen LogP) is 2.55. The lowest BCUT2D eigenvalue weighted by Gasteiger charge is -2.34. The van der Waals surface area contributed by atoms with Crippen LogP contribution in [-0.4, -0.2) is 42.9 Å². The Morgan fingerprint density at radius 1 is 1.29 bits per heavy atom. The molecule has 0 radical (unpaired) electrons. The number of carbonyl (C=O) groups excluding carboxylic acids is 2. The van der Waals surface area contributed by atoms with Crippen molar-refractivity contribution in [1.29, 1.82) is 0 Å². The molecule has 2 fully saturated rings. The number of rotatable bonds is 3. The van der Waals surface area contributed by atoms with Gasteiger partial charge in [0.1, 0.15) is 12.2 Å². The van der Waals surface area contributed by atoms with E-state index in [0.29, 0.717) is 18.4 Å². The molecule has 0 bridgehead atoms. The van der Waals surface area contributed by atoms with Crippen molar-refractivity contribution < 1.29 is 27.5 Å². The van der Waals surface area contributed by atoms with Gasteiger partial charge in [0, 0.05) is 18.5 Å². The number of halogens is 3.